The predicted molar refractivity (Wildman–Crippen MR) is 65.2 cm³/mol. The van der Waals surface area contributed by atoms with Crippen LogP contribution in [0.2, 0.25) is 0 Å². The van der Waals surface area contributed by atoms with Crippen LogP contribution in [0, 0.1) is 0 Å². The van der Waals surface area contributed by atoms with E-state index in [2.05, 4.69) is 9.97 Å². The van der Waals surface area contributed by atoms with E-state index in [0.29, 0.717) is 18.1 Å². The molecule has 1 N–H and O–H groups in total. The molecule has 1 aromatic carbocycles. The van der Waals surface area contributed by atoms with Crippen LogP contribution in [0.25, 0.3) is 11.4 Å². The topological polar surface area (TPSA) is 55.0 Å². The highest BCUT2D eigenvalue weighted by Crippen LogP contribution is 2.19. The molecule has 0 fully saturated rings. The van der Waals surface area contributed by atoms with Crippen molar-refractivity contribution in [1.29, 1.82) is 0 Å². The van der Waals surface area contributed by atoms with Crippen molar-refractivity contribution in [3.05, 3.63) is 36.2 Å². The number of carbonyl (C=O) groups is 1. The second-order valence-corrected chi connectivity index (χ2v) is 3.66. The van der Waals surface area contributed by atoms with Crippen LogP contribution in [0.15, 0.2) is 30.5 Å². The largest absolute Gasteiger partial charge is 0.494 e. The molecule has 2 rings (SSSR count). The lowest BCUT2D eigenvalue weighted by Crippen LogP contribution is -1.92. The zero-order chi connectivity index (χ0) is 12.3. The quantitative estimate of drug-likeness (QED) is 0.821. The molecule has 4 heteroatoms. The van der Waals surface area contributed by atoms with E-state index < -0.39 is 0 Å². The average molecular weight is 230 g/mol. The van der Waals surface area contributed by atoms with Gasteiger partial charge in [0.1, 0.15) is 17.3 Å². The number of nitrogens with zero attached hydrogens (tertiary/aromatic N) is 1. The number of rotatable bonds is 4. The van der Waals surface area contributed by atoms with Gasteiger partial charge in [-0.25, -0.2) is 4.98 Å². The molecule has 0 amide bonds. The fourth-order valence-electron chi connectivity index (χ4n) is 1.52. The number of H-pyrrole nitrogens is 1. The highest BCUT2D eigenvalue weighted by atomic mass is 16.5. The minimum atomic E-state index is -0.0188. The molecular formula is C13H14N2O2. The smallest absolute Gasteiger partial charge is 0.177 e. The van der Waals surface area contributed by atoms with Gasteiger partial charge in [0.05, 0.1) is 12.8 Å². The first-order valence-corrected chi connectivity index (χ1v) is 5.50. The highest BCUT2D eigenvalue weighted by Gasteiger charge is 2.06. The number of hydrogen-bond acceptors (Lipinski definition) is 3. The lowest BCUT2D eigenvalue weighted by molar-refractivity contribution is 0.101. The summed E-state index contributed by atoms with van der Waals surface area (Å²) in [6.45, 7) is 4.10. The number of nitrogens with one attached hydrogen (secondary N) is 1. The summed E-state index contributed by atoms with van der Waals surface area (Å²) in [4.78, 5) is 18.3. The van der Waals surface area contributed by atoms with Gasteiger partial charge in [0.25, 0.3) is 0 Å². The summed E-state index contributed by atoms with van der Waals surface area (Å²) in [6, 6.07) is 7.59. The van der Waals surface area contributed by atoms with E-state index in [1.807, 2.05) is 31.2 Å². The van der Waals surface area contributed by atoms with Gasteiger partial charge in [0.2, 0.25) is 0 Å². The number of ketones is 1. The maximum Gasteiger partial charge on any atom is 0.177 e. The van der Waals surface area contributed by atoms with Crippen LogP contribution in [-0.2, 0) is 0 Å². The van der Waals surface area contributed by atoms with Gasteiger partial charge in [-0.15, -0.1) is 0 Å². The van der Waals surface area contributed by atoms with Crippen LogP contribution in [0.4, 0.5) is 0 Å². The van der Waals surface area contributed by atoms with Crippen molar-refractivity contribution < 1.29 is 9.53 Å². The summed E-state index contributed by atoms with van der Waals surface area (Å²) < 4.78 is 5.36. The van der Waals surface area contributed by atoms with Gasteiger partial charge in [-0.1, -0.05) is 0 Å². The number of ether oxygens (including phenoxy) is 1. The summed E-state index contributed by atoms with van der Waals surface area (Å²) in [7, 11) is 0. The Kier molecular flexibility index (Phi) is 3.23. The van der Waals surface area contributed by atoms with E-state index in [4.69, 9.17) is 4.74 Å². The van der Waals surface area contributed by atoms with E-state index >= 15 is 0 Å². The molecule has 1 aromatic heterocycles. The first-order chi connectivity index (χ1) is 8.20. The molecule has 0 aliphatic rings. The maximum atomic E-state index is 11.1. The molecule has 0 bridgehead atoms. The summed E-state index contributed by atoms with van der Waals surface area (Å²) in [5.74, 6) is 1.50. The molecule has 0 radical (unpaired) electrons. The van der Waals surface area contributed by atoms with E-state index in [0.717, 1.165) is 11.3 Å². The van der Waals surface area contributed by atoms with E-state index in [1.165, 1.54) is 6.92 Å². The van der Waals surface area contributed by atoms with Crippen molar-refractivity contribution in [3.8, 4) is 17.1 Å². The molecule has 2 aromatic rings. The second-order valence-electron chi connectivity index (χ2n) is 3.66. The summed E-state index contributed by atoms with van der Waals surface area (Å²) in [6.07, 6.45) is 1.55. The standard InChI is InChI=1S/C13H14N2O2/c1-3-17-11-6-4-10(5-7-11)13-14-8-12(15-13)9(2)16/h4-8H,3H2,1-2H3,(H,14,15). The van der Waals surface area contributed by atoms with Gasteiger partial charge in [-0.3, -0.25) is 4.79 Å². The van der Waals surface area contributed by atoms with Gasteiger partial charge < -0.3 is 9.72 Å². The third-order valence-electron chi connectivity index (χ3n) is 2.39. The fraction of sp³-hybridized carbons (Fsp3) is 0.231. The van der Waals surface area contributed by atoms with Crippen molar-refractivity contribution in [1.82, 2.24) is 9.97 Å². The molecule has 0 saturated heterocycles. The van der Waals surface area contributed by atoms with Gasteiger partial charge in [-0.2, -0.15) is 0 Å². The Hall–Kier alpha value is -2.10. The first kappa shape index (κ1) is 11.4. The summed E-state index contributed by atoms with van der Waals surface area (Å²) in [5, 5.41) is 0. The highest BCUT2D eigenvalue weighted by molar-refractivity contribution is 5.92. The Morgan fingerprint density at radius 1 is 1.35 bits per heavy atom. The Labute approximate surface area is 99.7 Å². The van der Waals surface area contributed by atoms with Gasteiger partial charge in [-0.05, 0) is 31.2 Å². The summed E-state index contributed by atoms with van der Waals surface area (Å²) >= 11 is 0. The molecular weight excluding hydrogens is 216 g/mol. The molecule has 0 unspecified atom stereocenters. The molecule has 0 spiro atoms. The molecule has 4 nitrogen and oxygen atoms in total. The predicted octanol–water partition coefficient (Wildman–Crippen LogP) is 2.68. The molecule has 0 aliphatic heterocycles. The van der Waals surface area contributed by atoms with Crippen molar-refractivity contribution in [2.75, 3.05) is 6.61 Å². The lowest BCUT2D eigenvalue weighted by Gasteiger charge is -2.03. The lowest BCUT2D eigenvalue weighted by atomic mass is 10.2. The molecule has 88 valence electrons. The molecule has 0 aliphatic carbocycles. The van der Waals surface area contributed by atoms with Gasteiger partial charge >= 0.3 is 0 Å². The van der Waals surface area contributed by atoms with E-state index in [-0.39, 0.29) is 5.78 Å². The van der Waals surface area contributed by atoms with Crippen molar-refractivity contribution >= 4 is 5.78 Å². The third-order valence-corrected chi connectivity index (χ3v) is 2.39. The van der Waals surface area contributed by atoms with Crippen LogP contribution < -0.4 is 4.74 Å². The van der Waals surface area contributed by atoms with Crippen molar-refractivity contribution in [3.63, 3.8) is 0 Å². The number of Topliss-reactive ketones (excluding diaryl/α,β-unsaturated/α-hetero) is 1. The molecule has 0 saturated carbocycles. The van der Waals surface area contributed by atoms with E-state index in [1.54, 1.807) is 6.20 Å². The molecule has 17 heavy (non-hydrogen) atoms. The number of benzene rings is 1. The van der Waals surface area contributed by atoms with Crippen molar-refractivity contribution in [2.24, 2.45) is 0 Å². The van der Waals surface area contributed by atoms with E-state index in [9.17, 15) is 4.79 Å². The van der Waals surface area contributed by atoms with Crippen LogP contribution in [0.5, 0.6) is 5.75 Å². The summed E-state index contributed by atoms with van der Waals surface area (Å²) in [5.41, 5.74) is 1.45. The minimum absolute atomic E-state index is 0.0188. The Morgan fingerprint density at radius 2 is 2.06 bits per heavy atom. The zero-order valence-corrected chi connectivity index (χ0v) is 9.86. The van der Waals surface area contributed by atoms with Crippen LogP contribution in [-0.4, -0.2) is 22.4 Å². The second kappa shape index (κ2) is 4.82. The Balaban J connectivity index is 2.23. The number of hydrogen-bond donors (Lipinski definition) is 1. The van der Waals surface area contributed by atoms with Crippen molar-refractivity contribution in [2.45, 2.75) is 13.8 Å². The van der Waals surface area contributed by atoms with Crippen LogP contribution in [0.3, 0.4) is 0 Å². The number of aromatic nitrogens is 2. The monoisotopic (exact) mass is 230 g/mol. The zero-order valence-electron chi connectivity index (χ0n) is 9.86. The number of carbonyl (C=O) groups excluding carboxylic acids is 1. The molecule has 1 heterocycles. The Bertz CT molecular complexity index is 514. The first-order valence-electron chi connectivity index (χ1n) is 5.50. The van der Waals surface area contributed by atoms with Crippen LogP contribution >= 0.6 is 0 Å². The molecule has 0 atom stereocenters. The normalized spacial score (nSPS) is 10.2. The minimum Gasteiger partial charge on any atom is -0.494 e. The number of imidazole rings is 1. The number of aromatic amines is 1. The SMILES string of the molecule is CCOc1ccc(-c2ncc(C(C)=O)[nH]2)cc1. The van der Waals surface area contributed by atoms with Gasteiger partial charge in [0, 0.05) is 12.5 Å². The maximum absolute atomic E-state index is 11.1. The fourth-order valence-corrected chi connectivity index (χ4v) is 1.52. The van der Waals surface area contributed by atoms with Crippen LogP contribution in [0.1, 0.15) is 24.3 Å². The Morgan fingerprint density at radius 3 is 2.59 bits per heavy atom. The average Bonchev–Trinajstić information content (AvgIpc) is 2.80. The van der Waals surface area contributed by atoms with Gasteiger partial charge in [0.15, 0.2) is 5.78 Å². The third kappa shape index (κ3) is 2.53.